The van der Waals surface area contributed by atoms with Crippen LogP contribution in [0.25, 0.3) is 32.4 Å². The standard InChI is InChI=1S/C17H17N5S/c1-9(2)20-17-19-8-13-12(7-18-16(13)22-17)11-4-5-14-15(6-11)23-10(3)21-14/h4-9H,1-3H3,(H2,18,19,20,22). The smallest absolute Gasteiger partial charge is 0.224 e. The summed E-state index contributed by atoms with van der Waals surface area (Å²) in [5.41, 5.74) is 4.17. The second-order valence-electron chi connectivity index (χ2n) is 5.87. The maximum absolute atomic E-state index is 4.54. The second kappa shape index (κ2) is 5.31. The second-order valence-corrected chi connectivity index (χ2v) is 7.11. The molecule has 5 nitrogen and oxygen atoms in total. The van der Waals surface area contributed by atoms with E-state index in [0.717, 1.165) is 32.7 Å². The van der Waals surface area contributed by atoms with Gasteiger partial charge in [0.05, 0.1) is 15.2 Å². The molecular formula is C17H17N5S. The van der Waals surface area contributed by atoms with Crippen molar-refractivity contribution in [1.29, 1.82) is 0 Å². The summed E-state index contributed by atoms with van der Waals surface area (Å²) in [6.45, 7) is 6.17. The number of hydrogen-bond donors (Lipinski definition) is 2. The average Bonchev–Trinajstić information content (AvgIpc) is 3.07. The van der Waals surface area contributed by atoms with Gasteiger partial charge in [0.2, 0.25) is 5.95 Å². The Hall–Kier alpha value is -2.47. The molecule has 6 heteroatoms. The van der Waals surface area contributed by atoms with E-state index < -0.39 is 0 Å². The zero-order chi connectivity index (χ0) is 16.0. The van der Waals surface area contributed by atoms with Crippen molar-refractivity contribution in [3.8, 4) is 11.1 Å². The highest BCUT2D eigenvalue weighted by molar-refractivity contribution is 7.18. The van der Waals surface area contributed by atoms with Gasteiger partial charge in [-0.1, -0.05) is 6.07 Å². The van der Waals surface area contributed by atoms with Crippen LogP contribution in [0.2, 0.25) is 0 Å². The molecular weight excluding hydrogens is 306 g/mol. The first kappa shape index (κ1) is 14.1. The predicted octanol–water partition coefficient (Wildman–Crippen LogP) is 4.36. The Morgan fingerprint density at radius 2 is 2.09 bits per heavy atom. The molecule has 0 bridgehead atoms. The van der Waals surface area contributed by atoms with Crippen LogP contribution in [0.15, 0.2) is 30.6 Å². The van der Waals surface area contributed by atoms with Gasteiger partial charge in [0.25, 0.3) is 0 Å². The van der Waals surface area contributed by atoms with Gasteiger partial charge >= 0.3 is 0 Å². The SMILES string of the molecule is Cc1nc2ccc(-c3c[nH]c4nc(NC(C)C)ncc34)cc2s1. The van der Waals surface area contributed by atoms with Crippen molar-refractivity contribution in [2.24, 2.45) is 0 Å². The van der Waals surface area contributed by atoms with E-state index in [2.05, 4.69) is 57.3 Å². The van der Waals surface area contributed by atoms with Gasteiger partial charge in [-0.3, -0.25) is 0 Å². The van der Waals surface area contributed by atoms with E-state index >= 15 is 0 Å². The molecule has 0 radical (unpaired) electrons. The van der Waals surface area contributed by atoms with Crippen molar-refractivity contribution in [3.05, 3.63) is 35.6 Å². The first-order chi connectivity index (χ1) is 11.1. The van der Waals surface area contributed by atoms with Crippen LogP contribution in [-0.2, 0) is 0 Å². The van der Waals surface area contributed by atoms with Crippen LogP contribution < -0.4 is 5.32 Å². The Kier molecular flexibility index (Phi) is 3.27. The average molecular weight is 323 g/mol. The summed E-state index contributed by atoms with van der Waals surface area (Å²) >= 11 is 1.72. The molecule has 2 N–H and O–H groups in total. The first-order valence-electron chi connectivity index (χ1n) is 7.58. The number of fused-ring (bicyclic) bond motifs is 2. The fraction of sp³-hybridized carbons (Fsp3) is 0.235. The molecule has 0 saturated heterocycles. The molecule has 0 aliphatic heterocycles. The lowest BCUT2D eigenvalue weighted by molar-refractivity contribution is 0.877. The molecule has 4 aromatic rings. The highest BCUT2D eigenvalue weighted by atomic mass is 32.1. The van der Waals surface area contributed by atoms with Gasteiger partial charge in [-0.2, -0.15) is 4.98 Å². The Balaban J connectivity index is 1.80. The van der Waals surface area contributed by atoms with E-state index in [1.807, 2.05) is 19.3 Å². The molecule has 1 aromatic carbocycles. The van der Waals surface area contributed by atoms with Gasteiger partial charge in [0, 0.05) is 29.4 Å². The third-order valence-electron chi connectivity index (χ3n) is 3.66. The fourth-order valence-corrected chi connectivity index (χ4v) is 3.55. The number of anilines is 1. The van der Waals surface area contributed by atoms with Crippen LogP contribution in [0.5, 0.6) is 0 Å². The minimum atomic E-state index is 0.304. The van der Waals surface area contributed by atoms with Crippen molar-refractivity contribution < 1.29 is 0 Å². The summed E-state index contributed by atoms with van der Waals surface area (Å²) in [5.74, 6) is 0.648. The fourth-order valence-electron chi connectivity index (χ4n) is 2.68. The number of nitrogens with one attached hydrogen (secondary N) is 2. The molecule has 0 spiro atoms. The normalized spacial score (nSPS) is 11.7. The number of nitrogens with zero attached hydrogens (tertiary/aromatic N) is 3. The minimum absolute atomic E-state index is 0.304. The quantitative estimate of drug-likeness (QED) is 0.588. The molecule has 0 fully saturated rings. The molecule has 116 valence electrons. The molecule has 0 unspecified atom stereocenters. The maximum atomic E-state index is 4.54. The molecule has 0 aliphatic carbocycles. The number of rotatable bonds is 3. The molecule has 3 heterocycles. The minimum Gasteiger partial charge on any atom is -0.352 e. The Bertz CT molecular complexity index is 999. The van der Waals surface area contributed by atoms with Crippen molar-refractivity contribution in [2.75, 3.05) is 5.32 Å². The lowest BCUT2D eigenvalue weighted by Crippen LogP contribution is -2.12. The van der Waals surface area contributed by atoms with Gasteiger partial charge in [-0.05, 0) is 38.5 Å². The lowest BCUT2D eigenvalue weighted by Gasteiger charge is -2.07. The van der Waals surface area contributed by atoms with E-state index in [9.17, 15) is 0 Å². The van der Waals surface area contributed by atoms with Crippen LogP contribution in [0.4, 0.5) is 5.95 Å². The van der Waals surface area contributed by atoms with E-state index in [0.29, 0.717) is 12.0 Å². The number of H-pyrrole nitrogens is 1. The summed E-state index contributed by atoms with van der Waals surface area (Å²) in [7, 11) is 0. The van der Waals surface area contributed by atoms with Crippen LogP contribution in [0, 0.1) is 6.92 Å². The third-order valence-corrected chi connectivity index (χ3v) is 4.59. The topological polar surface area (TPSA) is 66.5 Å². The predicted molar refractivity (Wildman–Crippen MR) is 96.0 cm³/mol. The van der Waals surface area contributed by atoms with E-state index in [1.54, 1.807) is 11.3 Å². The zero-order valence-corrected chi connectivity index (χ0v) is 14.0. The number of aryl methyl sites for hydroxylation is 1. The molecule has 0 aliphatic rings. The van der Waals surface area contributed by atoms with Crippen molar-refractivity contribution in [2.45, 2.75) is 26.8 Å². The molecule has 3 aromatic heterocycles. The largest absolute Gasteiger partial charge is 0.352 e. The number of thiazole rings is 1. The lowest BCUT2D eigenvalue weighted by atomic mass is 10.1. The van der Waals surface area contributed by atoms with Gasteiger partial charge in [-0.25, -0.2) is 9.97 Å². The molecule has 0 atom stereocenters. The highest BCUT2D eigenvalue weighted by Crippen LogP contribution is 2.32. The van der Waals surface area contributed by atoms with Gasteiger partial charge < -0.3 is 10.3 Å². The summed E-state index contributed by atoms with van der Waals surface area (Å²) < 4.78 is 1.20. The maximum Gasteiger partial charge on any atom is 0.224 e. The van der Waals surface area contributed by atoms with E-state index in [1.165, 1.54) is 4.70 Å². The molecule has 4 rings (SSSR count). The Morgan fingerprint density at radius 1 is 1.22 bits per heavy atom. The van der Waals surface area contributed by atoms with Crippen molar-refractivity contribution in [1.82, 2.24) is 19.9 Å². The Labute approximate surface area is 137 Å². The first-order valence-corrected chi connectivity index (χ1v) is 8.40. The molecule has 0 amide bonds. The molecule has 0 saturated carbocycles. The summed E-state index contributed by atoms with van der Waals surface area (Å²) in [5, 5.41) is 5.34. The highest BCUT2D eigenvalue weighted by Gasteiger charge is 2.11. The van der Waals surface area contributed by atoms with Crippen molar-refractivity contribution in [3.63, 3.8) is 0 Å². The summed E-state index contributed by atoms with van der Waals surface area (Å²) in [6.07, 6.45) is 3.87. The number of benzene rings is 1. The van der Waals surface area contributed by atoms with Crippen LogP contribution in [0.1, 0.15) is 18.9 Å². The van der Waals surface area contributed by atoms with E-state index in [4.69, 9.17) is 0 Å². The monoisotopic (exact) mass is 323 g/mol. The number of aromatic amines is 1. The van der Waals surface area contributed by atoms with Crippen molar-refractivity contribution >= 4 is 38.5 Å². The van der Waals surface area contributed by atoms with Crippen LogP contribution in [0.3, 0.4) is 0 Å². The Morgan fingerprint density at radius 3 is 2.91 bits per heavy atom. The van der Waals surface area contributed by atoms with Crippen LogP contribution >= 0.6 is 11.3 Å². The molecule has 23 heavy (non-hydrogen) atoms. The summed E-state index contributed by atoms with van der Waals surface area (Å²) in [6, 6.07) is 6.66. The zero-order valence-electron chi connectivity index (χ0n) is 13.2. The number of hydrogen-bond acceptors (Lipinski definition) is 5. The summed E-state index contributed by atoms with van der Waals surface area (Å²) in [4.78, 5) is 16.7. The van der Waals surface area contributed by atoms with E-state index in [-0.39, 0.29) is 0 Å². The van der Waals surface area contributed by atoms with Gasteiger partial charge in [0.1, 0.15) is 5.65 Å². The van der Waals surface area contributed by atoms with Gasteiger partial charge in [0.15, 0.2) is 0 Å². The van der Waals surface area contributed by atoms with Crippen LogP contribution in [-0.4, -0.2) is 26.0 Å². The third kappa shape index (κ3) is 2.55. The van der Waals surface area contributed by atoms with Gasteiger partial charge in [-0.15, -0.1) is 11.3 Å². The number of aromatic nitrogens is 4.